The van der Waals surface area contributed by atoms with Crippen molar-refractivity contribution in [2.24, 2.45) is 0 Å². The van der Waals surface area contributed by atoms with Crippen LogP contribution in [0.3, 0.4) is 0 Å². The number of hydrogen-bond acceptors (Lipinski definition) is 3. The molecule has 5 nitrogen and oxygen atoms in total. The van der Waals surface area contributed by atoms with E-state index in [1.165, 1.54) is 17.7 Å². The van der Waals surface area contributed by atoms with Crippen molar-refractivity contribution in [3.63, 3.8) is 0 Å². The van der Waals surface area contributed by atoms with Crippen molar-refractivity contribution in [1.82, 2.24) is 9.88 Å². The van der Waals surface area contributed by atoms with Gasteiger partial charge in [0.1, 0.15) is 17.6 Å². The van der Waals surface area contributed by atoms with Gasteiger partial charge in [0.2, 0.25) is 0 Å². The molecule has 0 saturated carbocycles. The summed E-state index contributed by atoms with van der Waals surface area (Å²) in [6.07, 6.45) is 3.80. The number of aromatic nitrogens is 1. The highest BCUT2D eigenvalue weighted by atomic mass is 19.1. The Morgan fingerprint density at radius 3 is 2.57 bits per heavy atom. The second-order valence-electron chi connectivity index (χ2n) is 7.26. The summed E-state index contributed by atoms with van der Waals surface area (Å²) in [5.41, 5.74) is 2.94. The summed E-state index contributed by atoms with van der Waals surface area (Å²) in [5, 5.41) is 10.9. The van der Waals surface area contributed by atoms with Crippen molar-refractivity contribution in [2.75, 3.05) is 20.2 Å². The van der Waals surface area contributed by atoms with Crippen LogP contribution in [0.4, 0.5) is 4.39 Å². The molecule has 2 N–H and O–H groups in total. The molecule has 3 aromatic rings. The lowest BCUT2D eigenvalue weighted by Crippen LogP contribution is -2.39. The number of piperidine rings is 1. The van der Waals surface area contributed by atoms with Gasteiger partial charge in [0.15, 0.2) is 0 Å². The van der Waals surface area contributed by atoms with Gasteiger partial charge in [-0.15, -0.1) is 0 Å². The number of hydrogen-bond donors (Lipinski definition) is 2. The molecule has 1 saturated heterocycles. The fourth-order valence-electron chi connectivity index (χ4n) is 4.21. The molecule has 0 bridgehead atoms. The van der Waals surface area contributed by atoms with E-state index in [2.05, 4.69) is 11.2 Å². The number of likely N-dealkylation sites (tertiary alicyclic amines) is 1. The van der Waals surface area contributed by atoms with Crippen LogP contribution in [0.15, 0.2) is 48.7 Å². The summed E-state index contributed by atoms with van der Waals surface area (Å²) in [5.74, 6) is -0.0731. The van der Waals surface area contributed by atoms with E-state index in [9.17, 15) is 14.3 Å². The minimum absolute atomic E-state index is 0.360. The zero-order valence-corrected chi connectivity index (χ0v) is 15.7. The molecule has 1 aliphatic rings. The number of fused-ring (bicyclic) bond motifs is 1. The molecule has 2 aromatic carbocycles. The molecule has 0 aliphatic carbocycles. The monoisotopic (exact) mass is 382 g/mol. The van der Waals surface area contributed by atoms with E-state index in [4.69, 9.17) is 4.74 Å². The molecule has 1 fully saturated rings. The molecule has 146 valence electrons. The first-order chi connectivity index (χ1) is 13.6. The fraction of sp³-hybridized carbons (Fsp3) is 0.318. The van der Waals surface area contributed by atoms with Gasteiger partial charge < -0.3 is 14.8 Å². The summed E-state index contributed by atoms with van der Waals surface area (Å²) < 4.78 is 18.6. The van der Waals surface area contributed by atoms with Crippen molar-refractivity contribution >= 4 is 16.9 Å². The van der Waals surface area contributed by atoms with Crippen LogP contribution >= 0.6 is 0 Å². The van der Waals surface area contributed by atoms with E-state index >= 15 is 0 Å². The average molecular weight is 382 g/mol. The highest BCUT2D eigenvalue weighted by Gasteiger charge is 2.32. The van der Waals surface area contributed by atoms with E-state index in [-0.39, 0.29) is 5.82 Å². The van der Waals surface area contributed by atoms with Crippen molar-refractivity contribution < 1.29 is 19.0 Å². The average Bonchev–Trinajstić information content (AvgIpc) is 3.13. The van der Waals surface area contributed by atoms with Crippen LogP contribution in [-0.2, 0) is 4.79 Å². The number of carboxylic acids is 1. The van der Waals surface area contributed by atoms with Gasteiger partial charge in [0.25, 0.3) is 0 Å². The van der Waals surface area contributed by atoms with Crippen LogP contribution in [0.1, 0.15) is 35.9 Å². The molecule has 1 atom stereocenters. The molecule has 28 heavy (non-hydrogen) atoms. The number of H-pyrrole nitrogens is 1. The molecule has 0 radical (unpaired) electrons. The third-order valence-corrected chi connectivity index (χ3v) is 5.68. The lowest BCUT2D eigenvalue weighted by atomic mass is 9.88. The van der Waals surface area contributed by atoms with Gasteiger partial charge in [-0.3, -0.25) is 9.69 Å². The first-order valence-corrected chi connectivity index (χ1v) is 9.44. The Morgan fingerprint density at radius 1 is 1.21 bits per heavy atom. The number of carbonyl (C=O) groups is 1. The maximum absolute atomic E-state index is 13.2. The molecule has 2 heterocycles. The number of carboxylic acid groups (broad SMARTS) is 1. The van der Waals surface area contributed by atoms with Crippen LogP contribution in [-0.4, -0.2) is 41.2 Å². The lowest BCUT2D eigenvalue weighted by molar-refractivity contribution is -0.144. The Kier molecular flexibility index (Phi) is 5.05. The van der Waals surface area contributed by atoms with Crippen LogP contribution in [0, 0.1) is 5.82 Å². The highest BCUT2D eigenvalue weighted by molar-refractivity contribution is 5.85. The maximum Gasteiger partial charge on any atom is 0.325 e. The second-order valence-corrected chi connectivity index (χ2v) is 7.26. The number of methoxy groups -OCH3 is 1. The largest absolute Gasteiger partial charge is 0.497 e. The molecule has 4 rings (SSSR count). The normalized spacial score (nSPS) is 16.9. The third kappa shape index (κ3) is 3.47. The first-order valence-electron chi connectivity index (χ1n) is 9.44. The number of halogens is 1. The predicted molar refractivity (Wildman–Crippen MR) is 105 cm³/mol. The van der Waals surface area contributed by atoms with Crippen molar-refractivity contribution in [3.8, 4) is 5.75 Å². The van der Waals surface area contributed by atoms with E-state index in [1.54, 1.807) is 19.2 Å². The number of nitrogens with one attached hydrogen (secondary N) is 1. The van der Waals surface area contributed by atoms with Gasteiger partial charge in [-0.2, -0.15) is 0 Å². The highest BCUT2D eigenvalue weighted by Crippen LogP contribution is 2.36. The van der Waals surface area contributed by atoms with Crippen LogP contribution in [0.25, 0.3) is 10.9 Å². The van der Waals surface area contributed by atoms with Crippen LogP contribution in [0.2, 0.25) is 0 Å². The Bertz CT molecular complexity index is 975. The number of rotatable bonds is 5. The molecule has 6 heteroatoms. The number of aromatic amines is 1. The molecule has 1 aliphatic heterocycles. The Morgan fingerprint density at radius 2 is 1.93 bits per heavy atom. The zero-order chi connectivity index (χ0) is 19.7. The van der Waals surface area contributed by atoms with Crippen molar-refractivity contribution in [1.29, 1.82) is 0 Å². The molecule has 1 unspecified atom stereocenters. The van der Waals surface area contributed by atoms with Gasteiger partial charge in [0.05, 0.1) is 7.11 Å². The summed E-state index contributed by atoms with van der Waals surface area (Å²) >= 11 is 0. The van der Waals surface area contributed by atoms with Crippen molar-refractivity contribution in [2.45, 2.75) is 24.8 Å². The van der Waals surface area contributed by atoms with E-state index < -0.39 is 12.0 Å². The second kappa shape index (κ2) is 7.64. The molecular weight excluding hydrogens is 359 g/mol. The van der Waals surface area contributed by atoms with Crippen molar-refractivity contribution in [3.05, 3.63) is 65.6 Å². The Balaban J connectivity index is 1.52. The maximum atomic E-state index is 13.2. The third-order valence-electron chi connectivity index (χ3n) is 5.68. The van der Waals surface area contributed by atoms with Gasteiger partial charge in [0, 0.05) is 17.1 Å². The Hall–Kier alpha value is -2.86. The first kappa shape index (κ1) is 18.5. The minimum Gasteiger partial charge on any atom is -0.497 e. The van der Waals surface area contributed by atoms with Crippen LogP contribution in [0.5, 0.6) is 5.75 Å². The topological polar surface area (TPSA) is 65.6 Å². The van der Waals surface area contributed by atoms with E-state index in [1.807, 2.05) is 23.1 Å². The number of aliphatic carboxylic acids is 1. The number of nitrogens with zero attached hydrogens (tertiary/aromatic N) is 1. The predicted octanol–water partition coefficient (Wildman–Crippen LogP) is 4.32. The minimum atomic E-state index is -0.901. The summed E-state index contributed by atoms with van der Waals surface area (Å²) in [7, 11) is 1.66. The SMILES string of the molecule is COc1ccc2[nH]cc(C3CCN(C(C(=O)O)c4ccc(F)cc4)CC3)c2c1. The quantitative estimate of drug-likeness (QED) is 0.690. The van der Waals surface area contributed by atoms with E-state index in [0.717, 1.165) is 29.5 Å². The van der Waals surface area contributed by atoms with Crippen LogP contribution < -0.4 is 4.74 Å². The van der Waals surface area contributed by atoms with Gasteiger partial charge in [-0.25, -0.2) is 4.39 Å². The van der Waals surface area contributed by atoms with Gasteiger partial charge >= 0.3 is 5.97 Å². The summed E-state index contributed by atoms with van der Waals surface area (Å²) in [4.78, 5) is 17.2. The summed E-state index contributed by atoms with van der Waals surface area (Å²) in [6.45, 7) is 1.35. The number of ether oxygens (including phenoxy) is 1. The van der Waals surface area contributed by atoms with Gasteiger partial charge in [-0.05, 0) is 73.3 Å². The Labute approximate surface area is 162 Å². The molecule has 0 amide bonds. The smallest absolute Gasteiger partial charge is 0.325 e. The zero-order valence-electron chi connectivity index (χ0n) is 15.7. The standard InChI is InChI=1S/C22H23FN2O3/c1-28-17-6-7-20-18(12-17)19(13-24-20)14-8-10-25(11-9-14)21(22(26)27)15-2-4-16(23)5-3-15/h2-7,12-14,21,24H,8-11H2,1H3,(H,26,27). The molecular formula is C22H23FN2O3. The van der Waals surface area contributed by atoms with E-state index in [0.29, 0.717) is 24.6 Å². The fourth-order valence-corrected chi connectivity index (χ4v) is 4.21. The number of benzene rings is 2. The molecule has 0 spiro atoms. The summed E-state index contributed by atoms with van der Waals surface area (Å²) in [6, 6.07) is 11.0. The molecule has 1 aromatic heterocycles. The van der Waals surface area contributed by atoms with Gasteiger partial charge in [-0.1, -0.05) is 12.1 Å². The lowest BCUT2D eigenvalue weighted by Gasteiger charge is -2.35.